The van der Waals surface area contributed by atoms with Gasteiger partial charge in [0.15, 0.2) is 0 Å². The van der Waals surface area contributed by atoms with Gasteiger partial charge in [-0.25, -0.2) is 0 Å². The Morgan fingerprint density at radius 2 is 1.95 bits per heavy atom. The Labute approximate surface area is 127 Å². The normalized spacial score (nSPS) is 12.9. The minimum Gasteiger partial charge on any atom is -0.329 e. The van der Waals surface area contributed by atoms with Gasteiger partial charge in [0.05, 0.1) is 6.04 Å². The predicted molar refractivity (Wildman–Crippen MR) is 86.5 cm³/mol. The first-order valence-corrected chi connectivity index (χ1v) is 7.98. The van der Waals surface area contributed by atoms with Crippen LogP contribution in [0.1, 0.15) is 22.0 Å². The number of halogens is 1. The van der Waals surface area contributed by atoms with Crippen LogP contribution in [0.15, 0.2) is 40.2 Å². The molecule has 0 aliphatic heterocycles. The van der Waals surface area contributed by atoms with Crippen LogP contribution in [0.2, 0.25) is 0 Å². The van der Waals surface area contributed by atoms with Crippen LogP contribution < -0.4 is 5.73 Å². The highest BCUT2D eigenvalue weighted by molar-refractivity contribution is 9.10. The first-order valence-electron chi connectivity index (χ1n) is 6.30. The molecule has 102 valence electrons. The second-order valence-corrected chi connectivity index (χ2v) is 6.62. The minimum atomic E-state index is 0.295. The number of aryl methyl sites for hydroxylation is 1. The van der Waals surface area contributed by atoms with E-state index in [1.54, 1.807) is 11.3 Å². The molecule has 0 spiro atoms. The van der Waals surface area contributed by atoms with E-state index in [0.29, 0.717) is 12.6 Å². The zero-order chi connectivity index (χ0) is 13.8. The fraction of sp³-hybridized carbons (Fsp3) is 0.333. The topological polar surface area (TPSA) is 29.3 Å². The number of rotatable bonds is 5. The summed E-state index contributed by atoms with van der Waals surface area (Å²) < 4.78 is 1.11. The molecular formula is C15H19BrN2S. The third-order valence-corrected chi connectivity index (χ3v) is 4.95. The summed E-state index contributed by atoms with van der Waals surface area (Å²) in [7, 11) is 2.14. The summed E-state index contributed by atoms with van der Waals surface area (Å²) in [5.74, 6) is 0. The van der Waals surface area contributed by atoms with E-state index < -0.39 is 0 Å². The van der Waals surface area contributed by atoms with E-state index >= 15 is 0 Å². The summed E-state index contributed by atoms with van der Waals surface area (Å²) >= 11 is 5.26. The summed E-state index contributed by atoms with van der Waals surface area (Å²) in [6, 6.07) is 10.9. The lowest BCUT2D eigenvalue weighted by molar-refractivity contribution is 0.244. The van der Waals surface area contributed by atoms with Gasteiger partial charge in [-0.2, -0.15) is 0 Å². The van der Waals surface area contributed by atoms with Crippen molar-refractivity contribution in [2.75, 3.05) is 13.6 Å². The average molecular weight is 339 g/mol. The van der Waals surface area contributed by atoms with E-state index in [9.17, 15) is 0 Å². The Morgan fingerprint density at radius 3 is 2.47 bits per heavy atom. The van der Waals surface area contributed by atoms with Crippen molar-refractivity contribution in [2.45, 2.75) is 19.5 Å². The Morgan fingerprint density at radius 1 is 1.26 bits per heavy atom. The lowest BCUT2D eigenvalue weighted by Gasteiger charge is -2.27. The molecule has 2 aromatic rings. The van der Waals surface area contributed by atoms with Gasteiger partial charge in [-0.3, -0.25) is 4.90 Å². The van der Waals surface area contributed by atoms with Crippen molar-refractivity contribution < 1.29 is 0 Å². The molecule has 0 radical (unpaired) electrons. The molecule has 0 aliphatic rings. The molecule has 0 bridgehead atoms. The maximum atomic E-state index is 5.97. The summed E-state index contributed by atoms with van der Waals surface area (Å²) in [6.07, 6.45) is 0. The quantitative estimate of drug-likeness (QED) is 0.894. The van der Waals surface area contributed by atoms with Crippen LogP contribution >= 0.6 is 27.3 Å². The van der Waals surface area contributed by atoms with E-state index in [-0.39, 0.29) is 0 Å². The third-order valence-electron chi connectivity index (χ3n) is 3.30. The zero-order valence-corrected chi connectivity index (χ0v) is 13.7. The molecule has 0 aliphatic carbocycles. The molecule has 2 N–H and O–H groups in total. The largest absolute Gasteiger partial charge is 0.329 e. The van der Waals surface area contributed by atoms with Crippen LogP contribution in [-0.2, 0) is 6.54 Å². The van der Waals surface area contributed by atoms with Gasteiger partial charge in [0, 0.05) is 22.4 Å². The summed E-state index contributed by atoms with van der Waals surface area (Å²) in [4.78, 5) is 3.70. The molecule has 1 unspecified atom stereocenters. The number of likely N-dealkylation sites (N-methyl/N-ethyl adjacent to an activating group) is 1. The number of nitrogens with two attached hydrogens (primary N) is 1. The average Bonchev–Trinajstić information content (AvgIpc) is 2.80. The molecule has 4 heteroatoms. The second kappa shape index (κ2) is 6.66. The van der Waals surface area contributed by atoms with Crippen molar-refractivity contribution in [3.63, 3.8) is 0 Å². The Kier molecular flexibility index (Phi) is 5.16. The molecule has 2 rings (SSSR count). The Balaban J connectivity index is 2.11. The second-order valence-electron chi connectivity index (χ2n) is 4.76. The number of nitrogens with zero attached hydrogens (tertiary/aromatic N) is 1. The molecule has 0 saturated heterocycles. The van der Waals surface area contributed by atoms with E-state index in [4.69, 9.17) is 5.73 Å². The van der Waals surface area contributed by atoms with Crippen molar-refractivity contribution in [2.24, 2.45) is 5.73 Å². The van der Waals surface area contributed by atoms with E-state index in [2.05, 4.69) is 70.5 Å². The van der Waals surface area contributed by atoms with Gasteiger partial charge >= 0.3 is 0 Å². The summed E-state index contributed by atoms with van der Waals surface area (Å²) in [5, 5.41) is 2.14. The minimum absolute atomic E-state index is 0.295. The maximum absolute atomic E-state index is 5.97. The monoisotopic (exact) mass is 338 g/mol. The number of thiophene rings is 1. The maximum Gasteiger partial charge on any atom is 0.0567 e. The molecule has 0 fully saturated rings. The molecule has 1 heterocycles. The van der Waals surface area contributed by atoms with Gasteiger partial charge in [0.25, 0.3) is 0 Å². The smallest absolute Gasteiger partial charge is 0.0567 e. The number of benzene rings is 1. The molecule has 1 aromatic carbocycles. The van der Waals surface area contributed by atoms with Gasteiger partial charge < -0.3 is 5.73 Å². The Bertz CT molecular complexity index is 521. The van der Waals surface area contributed by atoms with Crippen LogP contribution in [0, 0.1) is 6.92 Å². The van der Waals surface area contributed by atoms with Gasteiger partial charge in [0.1, 0.15) is 0 Å². The lowest BCUT2D eigenvalue weighted by Crippen LogP contribution is -2.30. The predicted octanol–water partition coefficient (Wildman–Crippen LogP) is 3.95. The lowest BCUT2D eigenvalue weighted by atomic mass is 10.1. The summed E-state index contributed by atoms with van der Waals surface area (Å²) in [6.45, 7) is 3.71. The van der Waals surface area contributed by atoms with Gasteiger partial charge in [-0.1, -0.05) is 28.1 Å². The standard InChI is InChI=1S/C15H19BrN2S/c1-11-7-8-19-15(11)14(9-17)18(2)10-12-3-5-13(16)6-4-12/h3-8,14H,9-10,17H2,1-2H3. The van der Waals surface area contributed by atoms with Gasteiger partial charge in [-0.15, -0.1) is 11.3 Å². The first kappa shape index (κ1) is 14.7. The molecule has 1 atom stereocenters. The molecule has 1 aromatic heterocycles. The van der Waals surface area contributed by atoms with Crippen molar-refractivity contribution in [3.05, 3.63) is 56.2 Å². The van der Waals surface area contributed by atoms with Gasteiger partial charge in [-0.05, 0) is 48.7 Å². The van der Waals surface area contributed by atoms with Crippen LogP contribution in [0.4, 0.5) is 0 Å². The van der Waals surface area contributed by atoms with Crippen molar-refractivity contribution >= 4 is 27.3 Å². The highest BCUT2D eigenvalue weighted by atomic mass is 79.9. The third kappa shape index (κ3) is 3.66. The van der Waals surface area contributed by atoms with E-state index in [1.165, 1.54) is 16.0 Å². The molecule has 0 saturated carbocycles. The number of hydrogen-bond acceptors (Lipinski definition) is 3. The van der Waals surface area contributed by atoms with Crippen LogP contribution in [0.5, 0.6) is 0 Å². The van der Waals surface area contributed by atoms with E-state index in [1.807, 2.05) is 0 Å². The van der Waals surface area contributed by atoms with E-state index in [0.717, 1.165) is 11.0 Å². The van der Waals surface area contributed by atoms with Crippen molar-refractivity contribution in [1.29, 1.82) is 0 Å². The highest BCUT2D eigenvalue weighted by Crippen LogP contribution is 2.28. The SMILES string of the molecule is Cc1ccsc1C(CN)N(C)Cc1ccc(Br)cc1. The van der Waals surface area contributed by atoms with Crippen LogP contribution in [0.3, 0.4) is 0 Å². The van der Waals surface area contributed by atoms with Crippen LogP contribution in [-0.4, -0.2) is 18.5 Å². The summed E-state index contributed by atoms with van der Waals surface area (Å²) in [5.41, 5.74) is 8.61. The fourth-order valence-electron chi connectivity index (χ4n) is 2.20. The van der Waals surface area contributed by atoms with Gasteiger partial charge in [0.2, 0.25) is 0 Å². The number of hydrogen-bond donors (Lipinski definition) is 1. The molecule has 0 amide bonds. The Hall–Kier alpha value is -0.680. The van der Waals surface area contributed by atoms with Crippen LogP contribution in [0.25, 0.3) is 0 Å². The molecule has 19 heavy (non-hydrogen) atoms. The van der Waals surface area contributed by atoms with Crippen molar-refractivity contribution in [1.82, 2.24) is 4.90 Å². The molecular weight excluding hydrogens is 320 g/mol. The zero-order valence-electron chi connectivity index (χ0n) is 11.3. The highest BCUT2D eigenvalue weighted by Gasteiger charge is 2.18. The molecule has 2 nitrogen and oxygen atoms in total. The van der Waals surface area contributed by atoms with Crippen molar-refractivity contribution in [3.8, 4) is 0 Å². The first-order chi connectivity index (χ1) is 9.11. The fourth-order valence-corrected chi connectivity index (χ4v) is 3.57.